The molecular formula is C55H35N3. The first-order valence-electron chi connectivity index (χ1n) is 19.7. The maximum atomic E-state index is 5.21. The van der Waals surface area contributed by atoms with Crippen LogP contribution in [-0.2, 0) is 0 Å². The van der Waals surface area contributed by atoms with Gasteiger partial charge in [-0.15, -0.1) is 0 Å². The minimum atomic E-state index is 0.633. The van der Waals surface area contributed by atoms with Gasteiger partial charge in [-0.25, -0.2) is 15.0 Å². The molecule has 0 aliphatic heterocycles. The molecule has 0 radical (unpaired) electrons. The lowest BCUT2D eigenvalue weighted by atomic mass is 9.95. The molecule has 1 heterocycles. The van der Waals surface area contributed by atoms with Gasteiger partial charge in [-0.1, -0.05) is 194 Å². The zero-order chi connectivity index (χ0) is 38.4. The van der Waals surface area contributed by atoms with E-state index in [0.29, 0.717) is 17.5 Å². The van der Waals surface area contributed by atoms with Gasteiger partial charge >= 0.3 is 0 Å². The fourth-order valence-electron chi connectivity index (χ4n) is 8.35. The van der Waals surface area contributed by atoms with Gasteiger partial charge in [-0.2, -0.15) is 0 Å². The van der Waals surface area contributed by atoms with Gasteiger partial charge in [-0.3, -0.25) is 0 Å². The van der Waals surface area contributed by atoms with Crippen LogP contribution in [0.2, 0.25) is 0 Å². The van der Waals surface area contributed by atoms with E-state index in [1.807, 2.05) is 0 Å². The summed E-state index contributed by atoms with van der Waals surface area (Å²) in [4.78, 5) is 15.6. The Bertz CT molecular complexity index is 3320. The average molecular weight is 738 g/mol. The van der Waals surface area contributed by atoms with Crippen molar-refractivity contribution >= 4 is 43.1 Å². The lowest BCUT2D eigenvalue weighted by molar-refractivity contribution is 1.08. The Kier molecular flexibility index (Phi) is 8.15. The summed E-state index contributed by atoms with van der Waals surface area (Å²) in [5.41, 5.74) is 9.97. The zero-order valence-corrected chi connectivity index (χ0v) is 31.5. The third kappa shape index (κ3) is 6.07. The summed E-state index contributed by atoms with van der Waals surface area (Å²) in [6, 6.07) is 75.4. The number of benzene rings is 10. The van der Waals surface area contributed by atoms with Crippen molar-refractivity contribution in [2.45, 2.75) is 0 Å². The Balaban J connectivity index is 1.03. The van der Waals surface area contributed by atoms with E-state index in [-0.39, 0.29) is 0 Å². The highest BCUT2D eigenvalue weighted by Gasteiger charge is 2.16. The fraction of sp³-hybridized carbons (Fsp3) is 0. The molecule has 0 bridgehead atoms. The van der Waals surface area contributed by atoms with Gasteiger partial charge in [0.05, 0.1) is 0 Å². The van der Waals surface area contributed by atoms with Crippen LogP contribution in [0.25, 0.3) is 111 Å². The standard InChI is InChI=1S/C55H35N3/c1-2-11-36(12-3-1)41-31-32-51-44(33-41)17-10-22-52(51)55-57-53(40-25-23-39(24-26-40)49-20-8-15-37-13-4-6-18-47(37)49)56-54(58-55)46-30-28-42-34-45(29-27-43(42)35-46)50-21-9-16-38-14-5-7-19-48(38)50/h1-35H. The van der Waals surface area contributed by atoms with E-state index in [0.717, 1.165) is 43.8 Å². The highest BCUT2D eigenvalue weighted by Crippen LogP contribution is 2.36. The molecule has 0 spiro atoms. The second kappa shape index (κ2) is 14.1. The van der Waals surface area contributed by atoms with Gasteiger partial charge in [0, 0.05) is 16.7 Å². The Morgan fingerprint density at radius 2 is 0.655 bits per heavy atom. The van der Waals surface area contributed by atoms with Crippen molar-refractivity contribution in [2.24, 2.45) is 0 Å². The molecule has 0 unspecified atom stereocenters. The smallest absolute Gasteiger partial charge is 0.164 e. The van der Waals surface area contributed by atoms with E-state index in [1.54, 1.807) is 0 Å². The summed E-state index contributed by atoms with van der Waals surface area (Å²) >= 11 is 0. The highest BCUT2D eigenvalue weighted by atomic mass is 15.0. The van der Waals surface area contributed by atoms with Crippen LogP contribution in [-0.4, -0.2) is 15.0 Å². The van der Waals surface area contributed by atoms with Crippen molar-refractivity contribution in [1.29, 1.82) is 0 Å². The highest BCUT2D eigenvalue weighted by molar-refractivity contribution is 6.01. The molecule has 0 N–H and O–H groups in total. The van der Waals surface area contributed by atoms with Gasteiger partial charge in [0.25, 0.3) is 0 Å². The SMILES string of the molecule is c1ccc(-c2ccc3c(-c4nc(-c5ccc(-c6cccc7ccccc67)cc5)nc(-c5ccc6cc(-c7cccc8ccccc78)ccc6c5)n4)cccc3c2)cc1. The summed E-state index contributed by atoms with van der Waals surface area (Å²) in [5, 5.41) is 9.46. The normalized spacial score (nSPS) is 11.4. The molecule has 0 atom stereocenters. The van der Waals surface area contributed by atoms with Gasteiger partial charge in [0.1, 0.15) is 0 Å². The molecule has 0 amide bonds. The van der Waals surface area contributed by atoms with Crippen LogP contribution in [0.1, 0.15) is 0 Å². The lowest BCUT2D eigenvalue weighted by Gasteiger charge is -2.12. The summed E-state index contributed by atoms with van der Waals surface area (Å²) in [6.07, 6.45) is 0. The zero-order valence-electron chi connectivity index (χ0n) is 31.5. The van der Waals surface area contributed by atoms with Crippen molar-refractivity contribution in [3.8, 4) is 67.5 Å². The molecule has 0 fully saturated rings. The largest absolute Gasteiger partial charge is 0.208 e. The summed E-state index contributed by atoms with van der Waals surface area (Å²) < 4.78 is 0. The molecule has 58 heavy (non-hydrogen) atoms. The lowest BCUT2D eigenvalue weighted by Crippen LogP contribution is -2.00. The van der Waals surface area contributed by atoms with Crippen LogP contribution in [0.15, 0.2) is 212 Å². The van der Waals surface area contributed by atoms with E-state index >= 15 is 0 Å². The number of hydrogen-bond acceptors (Lipinski definition) is 3. The first kappa shape index (κ1) is 33.6. The Morgan fingerprint density at radius 1 is 0.207 bits per heavy atom. The number of fused-ring (bicyclic) bond motifs is 4. The molecule has 0 aliphatic carbocycles. The number of hydrogen-bond donors (Lipinski definition) is 0. The number of rotatable bonds is 6. The van der Waals surface area contributed by atoms with Crippen molar-refractivity contribution in [3.63, 3.8) is 0 Å². The molecule has 3 nitrogen and oxygen atoms in total. The van der Waals surface area contributed by atoms with Gasteiger partial charge in [0.2, 0.25) is 0 Å². The maximum absolute atomic E-state index is 5.21. The van der Waals surface area contributed by atoms with Crippen LogP contribution in [0, 0.1) is 0 Å². The average Bonchev–Trinajstić information content (AvgIpc) is 3.30. The Hall–Kier alpha value is -7.75. The van der Waals surface area contributed by atoms with E-state index in [9.17, 15) is 0 Å². The molecule has 270 valence electrons. The molecule has 0 saturated heterocycles. The third-order valence-corrected chi connectivity index (χ3v) is 11.3. The van der Waals surface area contributed by atoms with E-state index in [1.165, 1.54) is 49.4 Å². The second-order valence-corrected chi connectivity index (χ2v) is 14.8. The Labute approximate surface area is 336 Å². The minimum absolute atomic E-state index is 0.633. The predicted molar refractivity (Wildman–Crippen MR) is 242 cm³/mol. The molecule has 0 saturated carbocycles. The topological polar surface area (TPSA) is 38.7 Å². The predicted octanol–water partition coefficient (Wildman–Crippen LogP) is 14.5. The van der Waals surface area contributed by atoms with Crippen LogP contribution < -0.4 is 0 Å². The molecule has 3 heteroatoms. The van der Waals surface area contributed by atoms with Crippen molar-refractivity contribution in [1.82, 2.24) is 15.0 Å². The number of aromatic nitrogens is 3. The van der Waals surface area contributed by atoms with Crippen molar-refractivity contribution in [2.75, 3.05) is 0 Å². The van der Waals surface area contributed by atoms with Crippen LogP contribution >= 0.6 is 0 Å². The van der Waals surface area contributed by atoms with E-state index in [4.69, 9.17) is 15.0 Å². The molecule has 11 rings (SSSR count). The summed E-state index contributed by atoms with van der Waals surface area (Å²) in [6.45, 7) is 0. The second-order valence-electron chi connectivity index (χ2n) is 14.8. The van der Waals surface area contributed by atoms with E-state index < -0.39 is 0 Å². The third-order valence-electron chi connectivity index (χ3n) is 11.3. The maximum Gasteiger partial charge on any atom is 0.164 e. The first-order valence-corrected chi connectivity index (χ1v) is 19.7. The molecular weight excluding hydrogens is 703 g/mol. The van der Waals surface area contributed by atoms with Crippen LogP contribution in [0.3, 0.4) is 0 Å². The molecule has 1 aromatic heterocycles. The molecule has 11 aromatic rings. The molecule has 0 aliphatic rings. The first-order chi connectivity index (χ1) is 28.7. The van der Waals surface area contributed by atoms with Crippen LogP contribution in [0.5, 0.6) is 0 Å². The minimum Gasteiger partial charge on any atom is -0.208 e. The van der Waals surface area contributed by atoms with E-state index in [2.05, 4.69) is 212 Å². The van der Waals surface area contributed by atoms with Gasteiger partial charge in [-0.05, 0) is 94.7 Å². The monoisotopic (exact) mass is 737 g/mol. The van der Waals surface area contributed by atoms with Gasteiger partial charge < -0.3 is 0 Å². The van der Waals surface area contributed by atoms with Crippen molar-refractivity contribution in [3.05, 3.63) is 212 Å². The van der Waals surface area contributed by atoms with Gasteiger partial charge in [0.15, 0.2) is 17.5 Å². The summed E-state index contributed by atoms with van der Waals surface area (Å²) in [5.74, 6) is 1.91. The van der Waals surface area contributed by atoms with Crippen molar-refractivity contribution < 1.29 is 0 Å². The quantitative estimate of drug-likeness (QED) is 0.171. The van der Waals surface area contributed by atoms with Crippen LogP contribution in [0.4, 0.5) is 0 Å². The Morgan fingerprint density at radius 3 is 1.36 bits per heavy atom. The molecule has 10 aromatic carbocycles. The fourth-order valence-corrected chi connectivity index (χ4v) is 8.35. The summed E-state index contributed by atoms with van der Waals surface area (Å²) in [7, 11) is 0. The number of nitrogens with zero attached hydrogens (tertiary/aromatic N) is 3.